The number of carbonyl (C=O) groups is 1. The minimum Gasteiger partial charge on any atom is -0.497 e. The monoisotopic (exact) mass is 298 g/mol. The largest absolute Gasteiger partial charge is 0.497 e. The molecule has 0 aromatic heterocycles. The summed E-state index contributed by atoms with van der Waals surface area (Å²) in [5, 5.41) is 0. The Morgan fingerprint density at radius 1 is 0.955 bits per heavy atom. The molecule has 2 aromatic rings. The van der Waals surface area contributed by atoms with Crippen LogP contribution < -0.4 is 14.2 Å². The first kappa shape index (κ1) is 15.6. The molecule has 0 N–H and O–H groups in total. The van der Waals surface area contributed by atoms with Crippen LogP contribution in [-0.4, -0.2) is 20.5 Å². The van der Waals surface area contributed by atoms with Crippen molar-refractivity contribution in [3.63, 3.8) is 0 Å². The normalized spacial score (nSPS) is 10.5. The maximum atomic E-state index is 10.4. The van der Waals surface area contributed by atoms with Crippen molar-refractivity contribution in [1.29, 1.82) is 0 Å². The summed E-state index contributed by atoms with van der Waals surface area (Å²) in [6.45, 7) is 0.434. The first-order chi connectivity index (χ1) is 10.8. The van der Waals surface area contributed by atoms with Gasteiger partial charge in [-0.05, 0) is 41.5 Å². The van der Waals surface area contributed by atoms with E-state index in [1.807, 2.05) is 42.5 Å². The quantitative estimate of drug-likeness (QED) is 0.580. The van der Waals surface area contributed by atoms with Crippen LogP contribution in [0.1, 0.15) is 11.1 Å². The van der Waals surface area contributed by atoms with Gasteiger partial charge in [0.2, 0.25) is 0 Å². The highest BCUT2D eigenvalue weighted by molar-refractivity contribution is 5.74. The van der Waals surface area contributed by atoms with Crippen LogP contribution in [0.4, 0.5) is 0 Å². The zero-order valence-corrected chi connectivity index (χ0v) is 12.6. The fourth-order valence-electron chi connectivity index (χ4n) is 1.94. The van der Waals surface area contributed by atoms with Gasteiger partial charge in [-0.25, -0.2) is 0 Å². The maximum Gasteiger partial charge on any atom is 0.161 e. The molecule has 2 rings (SSSR count). The Balaban J connectivity index is 2.07. The third-order valence-electron chi connectivity index (χ3n) is 3.11. The van der Waals surface area contributed by atoms with Gasteiger partial charge in [-0.1, -0.05) is 24.3 Å². The number of hydrogen-bond donors (Lipinski definition) is 0. The number of allylic oxidation sites excluding steroid dienone is 1. The van der Waals surface area contributed by atoms with Crippen molar-refractivity contribution < 1.29 is 19.0 Å². The van der Waals surface area contributed by atoms with Crippen LogP contribution in [0.25, 0.3) is 6.08 Å². The van der Waals surface area contributed by atoms with Crippen LogP contribution in [0.15, 0.2) is 48.5 Å². The molecule has 0 heterocycles. The minimum absolute atomic E-state index is 0.434. The standard InChI is InChI=1S/C18H18O4/c1-20-16-8-5-15(6-9-16)13-22-17-10-7-14(4-3-11-19)12-18(17)21-2/h3-12H,13H2,1-2H3/b4-3+. The van der Waals surface area contributed by atoms with E-state index in [1.54, 1.807) is 20.3 Å². The Hall–Kier alpha value is -2.75. The van der Waals surface area contributed by atoms with Crippen molar-refractivity contribution >= 4 is 12.4 Å². The second-order valence-corrected chi connectivity index (χ2v) is 4.54. The molecule has 0 aliphatic carbocycles. The molecule has 0 saturated carbocycles. The molecule has 114 valence electrons. The molecule has 0 atom stereocenters. The molecular formula is C18H18O4. The van der Waals surface area contributed by atoms with Crippen molar-refractivity contribution in [2.45, 2.75) is 6.61 Å². The Morgan fingerprint density at radius 2 is 1.73 bits per heavy atom. The molecule has 0 saturated heterocycles. The predicted molar refractivity (Wildman–Crippen MR) is 85.4 cm³/mol. The predicted octanol–water partition coefficient (Wildman–Crippen LogP) is 3.49. The van der Waals surface area contributed by atoms with E-state index in [1.165, 1.54) is 6.08 Å². The van der Waals surface area contributed by atoms with Crippen molar-refractivity contribution in [3.05, 3.63) is 59.7 Å². The van der Waals surface area contributed by atoms with Gasteiger partial charge in [0, 0.05) is 0 Å². The maximum absolute atomic E-state index is 10.4. The number of rotatable bonds is 7. The third-order valence-corrected chi connectivity index (χ3v) is 3.11. The van der Waals surface area contributed by atoms with Gasteiger partial charge in [0.05, 0.1) is 14.2 Å². The lowest BCUT2D eigenvalue weighted by molar-refractivity contribution is -0.104. The zero-order valence-electron chi connectivity index (χ0n) is 12.6. The summed E-state index contributed by atoms with van der Waals surface area (Å²) in [6, 6.07) is 13.2. The summed E-state index contributed by atoms with van der Waals surface area (Å²) in [4.78, 5) is 10.4. The Labute approximate surface area is 129 Å². The Bertz CT molecular complexity index is 645. The van der Waals surface area contributed by atoms with Gasteiger partial charge >= 0.3 is 0 Å². The van der Waals surface area contributed by atoms with E-state index in [-0.39, 0.29) is 0 Å². The summed E-state index contributed by atoms with van der Waals surface area (Å²) < 4.78 is 16.2. The van der Waals surface area contributed by atoms with Gasteiger partial charge in [0.1, 0.15) is 18.6 Å². The molecule has 0 amide bonds. The summed E-state index contributed by atoms with van der Waals surface area (Å²) in [5.74, 6) is 2.09. The zero-order chi connectivity index (χ0) is 15.8. The van der Waals surface area contributed by atoms with E-state index < -0.39 is 0 Å². The van der Waals surface area contributed by atoms with E-state index in [9.17, 15) is 4.79 Å². The van der Waals surface area contributed by atoms with Crippen molar-refractivity contribution in [3.8, 4) is 17.2 Å². The van der Waals surface area contributed by atoms with Crippen LogP contribution in [0.2, 0.25) is 0 Å². The Morgan fingerprint density at radius 3 is 2.36 bits per heavy atom. The number of hydrogen-bond acceptors (Lipinski definition) is 4. The summed E-state index contributed by atoms with van der Waals surface area (Å²) >= 11 is 0. The molecule has 22 heavy (non-hydrogen) atoms. The van der Waals surface area contributed by atoms with Gasteiger partial charge in [-0.3, -0.25) is 4.79 Å². The van der Waals surface area contributed by atoms with E-state index in [4.69, 9.17) is 14.2 Å². The lowest BCUT2D eigenvalue weighted by Gasteiger charge is -2.11. The second kappa shape index (κ2) is 7.88. The van der Waals surface area contributed by atoms with E-state index in [0.29, 0.717) is 18.1 Å². The number of ether oxygens (including phenoxy) is 3. The summed E-state index contributed by atoms with van der Waals surface area (Å²) in [6.07, 6.45) is 3.88. The van der Waals surface area contributed by atoms with Gasteiger partial charge in [-0.2, -0.15) is 0 Å². The van der Waals surface area contributed by atoms with Crippen molar-refractivity contribution in [2.24, 2.45) is 0 Å². The molecule has 0 bridgehead atoms. The third kappa shape index (κ3) is 4.12. The molecular weight excluding hydrogens is 280 g/mol. The van der Waals surface area contributed by atoms with E-state index >= 15 is 0 Å². The van der Waals surface area contributed by atoms with Crippen LogP contribution in [0.5, 0.6) is 17.2 Å². The molecule has 0 radical (unpaired) electrons. The number of aldehydes is 1. The van der Waals surface area contributed by atoms with Crippen molar-refractivity contribution in [2.75, 3.05) is 14.2 Å². The van der Waals surface area contributed by atoms with Crippen LogP contribution in [0, 0.1) is 0 Å². The molecule has 0 aliphatic rings. The molecule has 0 aliphatic heterocycles. The smallest absolute Gasteiger partial charge is 0.161 e. The van der Waals surface area contributed by atoms with Crippen LogP contribution in [-0.2, 0) is 11.4 Å². The van der Waals surface area contributed by atoms with Gasteiger partial charge in [-0.15, -0.1) is 0 Å². The molecule has 0 fully saturated rings. The van der Waals surface area contributed by atoms with Crippen LogP contribution >= 0.6 is 0 Å². The number of carbonyl (C=O) groups excluding carboxylic acids is 1. The molecule has 4 heteroatoms. The lowest BCUT2D eigenvalue weighted by atomic mass is 10.2. The average Bonchev–Trinajstić information content (AvgIpc) is 2.58. The van der Waals surface area contributed by atoms with E-state index in [0.717, 1.165) is 23.2 Å². The molecule has 0 unspecified atom stereocenters. The Kier molecular flexibility index (Phi) is 5.60. The topological polar surface area (TPSA) is 44.8 Å². The molecule has 4 nitrogen and oxygen atoms in total. The van der Waals surface area contributed by atoms with Crippen LogP contribution in [0.3, 0.4) is 0 Å². The second-order valence-electron chi connectivity index (χ2n) is 4.54. The fraction of sp³-hybridized carbons (Fsp3) is 0.167. The van der Waals surface area contributed by atoms with E-state index in [2.05, 4.69) is 0 Å². The first-order valence-corrected chi connectivity index (χ1v) is 6.82. The minimum atomic E-state index is 0.434. The fourth-order valence-corrected chi connectivity index (χ4v) is 1.94. The highest BCUT2D eigenvalue weighted by atomic mass is 16.5. The summed E-state index contributed by atoms with van der Waals surface area (Å²) in [7, 11) is 3.22. The van der Waals surface area contributed by atoms with Crippen molar-refractivity contribution in [1.82, 2.24) is 0 Å². The van der Waals surface area contributed by atoms with Gasteiger partial charge in [0.25, 0.3) is 0 Å². The highest BCUT2D eigenvalue weighted by Gasteiger charge is 2.05. The molecule has 0 spiro atoms. The highest BCUT2D eigenvalue weighted by Crippen LogP contribution is 2.29. The lowest BCUT2D eigenvalue weighted by Crippen LogP contribution is -1.98. The first-order valence-electron chi connectivity index (χ1n) is 6.82. The SMILES string of the molecule is COc1ccc(COc2ccc(/C=C/C=O)cc2OC)cc1. The number of methoxy groups -OCH3 is 2. The summed E-state index contributed by atoms with van der Waals surface area (Å²) in [5.41, 5.74) is 1.91. The van der Waals surface area contributed by atoms with Gasteiger partial charge < -0.3 is 14.2 Å². The molecule has 2 aromatic carbocycles. The van der Waals surface area contributed by atoms with Gasteiger partial charge in [0.15, 0.2) is 11.5 Å². The number of benzene rings is 2. The average molecular weight is 298 g/mol.